The molecule has 0 aliphatic heterocycles. The summed E-state index contributed by atoms with van der Waals surface area (Å²) in [5, 5.41) is 19.3. The van der Waals surface area contributed by atoms with E-state index in [9.17, 15) is 4.79 Å². The quantitative estimate of drug-likeness (QED) is 0.799. The first-order chi connectivity index (χ1) is 10.4. The molecule has 1 aromatic heterocycles. The van der Waals surface area contributed by atoms with E-state index in [0.717, 1.165) is 11.3 Å². The number of nitrogens with one attached hydrogen (secondary N) is 2. The molecule has 22 heavy (non-hydrogen) atoms. The lowest BCUT2D eigenvalue weighted by Gasteiger charge is -2.11. The molecular formula is C14H16Cl2N4O2. The Morgan fingerprint density at radius 1 is 1.32 bits per heavy atom. The number of hydrogen-bond acceptors (Lipinski definition) is 3. The van der Waals surface area contributed by atoms with Crippen LogP contribution in [0.3, 0.4) is 0 Å². The van der Waals surface area contributed by atoms with E-state index in [0.29, 0.717) is 21.6 Å². The Labute approximate surface area is 138 Å². The van der Waals surface area contributed by atoms with Crippen LogP contribution in [0.1, 0.15) is 11.3 Å². The number of aliphatic hydroxyl groups excluding tert-OH is 1. The van der Waals surface area contributed by atoms with E-state index in [-0.39, 0.29) is 13.2 Å². The van der Waals surface area contributed by atoms with Crippen LogP contribution in [-0.2, 0) is 0 Å². The Bertz CT molecular complexity index is 700. The monoisotopic (exact) mass is 342 g/mol. The van der Waals surface area contributed by atoms with Crippen LogP contribution in [0.4, 0.5) is 10.6 Å². The van der Waals surface area contributed by atoms with Crippen molar-refractivity contribution in [2.75, 3.05) is 18.5 Å². The van der Waals surface area contributed by atoms with E-state index in [1.165, 1.54) is 0 Å². The number of rotatable bonds is 4. The number of anilines is 1. The second kappa shape index (κ2) is 7.00. The number of nitrogens with zero attached hydrogens (tertiary/aromatic N) is 2. The predicted molar refractivity (Wildman–Crippen MR) is 87.2 cm³/mol. The van der Waals surface area contributed by atoms with Gasteiger partial charge in [-0.15, -0.1) is 0 Å². The van der Waals surface area contributed by atoms with Gasteiger partial charge in [0.1, 0.15) is 5.82 Å². The minimum absolute atomic E-state index is 0.127. The topological polar surface area (TPSA) is 79.2 Å². The fourth-order valence-corrected chi connectivity index (χ4v) is 2.17. The van der Waals surface area contributed by atoms with Gasteiger partial charge in [-0.05, 0) is 32.0 Å². The van der Waals surface area contributed by atoms with Gasteiger partial charge in [0.2, 0.25) is 0 Å². The SMILES string of the molecule is Cc1nn(-c2ccc(Cl)c(Cl)c2)c(NC(=O)NCCO)c1C. The fourth-order valence-electron chi connectivity index (χ4n) is 1.88. The summed E-state index contributed by atoms with van der Waals surface area (Å²) < 4.78 is 1.59. The number of amides is 2. The summed E-state index contributed by atoms with van der Waals surface area (Å²) in [5.74, 6) is 0.534. The normalized spacial score (nSPS) is 10.6. The number of hydrogen-bond donors (Lipinski definition) is 3. The molecule has 0 saturated carbocycles. The van der Waals surface area contributed by atoms with Crippen LogP contribution in [0.15, 0.2) is 18.2 Å². The molecule has 0 aliphatic rings. The molecule has 0 bridgehead atoms. The smallest absolute Gasteiger partial charge is 0.320 e. The average molecular weight is 343 g/mol. The molecule has 2 rings (SSSR count). The third-order valence-corrected chi connectivity index (χ3v) is 3.88. The van der Waals surface area contributed by atoms with Gasteiger partial charge in [-0.3, -0.25) is 5.32 Å². The zero-order valence-corrected chi connectivity index (χ0v) is 13.7. The van der Waals surface area contributed by atoms with Crippen LogP contribution in [0.25, 0.3) is 5.69 Å². The van der Waals surface area contributed by atoms with Gasteiger partial charge in [0.25, 0.3) is 0 Å². The molecule has 1 aromatic carbocycles. The minimum Gasteiger partial charge on any atom is -0.395 e. The summed E-state index contributed by atoms with van der Waals surface area (Å²) in [4.78, 5) is 11.8. The molecule has 0 saturated heterocycles. The maximum absolute atomic E-state index is 11.8. The molecule has 0 atom stereocenters. The zero-order valence-electron chi connectivity index (χ0n) is 12.2. The minimum atomic E-state index is -0.418. The summed E-state index contributed by atoms with van der Waals surface area (Å²) >= 11 is 12.0. The second-order valence-electron chi connectivity index (χ2n) is 4.67. The van der Waals surface area contributed by atoms with E-state index in [2.05, 4.69) is 15.7 Å². The summed E-state index contributed by atoms with van der Waals surface area (Å²) in [6.45, 7) is 3.75. The molecule has 118 valence electrons. The van der Waals surface area contributed by atoms with Crippen molar-refractivity contribution in [3.63, 3.8) is 0 Å². The van der Waals surface area contributed by atoms with Crippen molar-refractivity contribution in [2.45, 2.75) is 13.8 Å². The van der Waals surface area contributed by atoms with Crippen molar-refractivity contribution in [1.29, 1.82) is 0 Å². The van der Waals surface area contributed by atoms with Gasteiger partial charge in [-0.2, -0.15) is 5.10 Å². The molecule has 2 aromatic rings. The summed E-state index contributed by atoms with van der Waals surface area (Å²) in [7, 11) is 0. The van der Waals surface area contributed by atoms with E-state index >= 15 is 0 Å². The lowest BCUT2D eigenvalue weighted by Crippen LogP contribution is -2.32. The molecule has 2 amide bonds. The van der Waals surface area contributed by atoms with Crippen LogP contribution in [-0.4, -0.2) is 34.1 Å². The Hall–Kier alpha value is -1.76. The van der Waals surface area contributed by atoms with Gasteiger partial charge in [0.15, 0.2) is 0 Å². The Kier molecular flexibility index (Phi) is 5.28. The van der Waals surface area contributed by atoms with Crippen molar-refractivity contribution in [2.24, 2.45) is 0 Å². The third kappa shape index (κ3) is 3.52. The number of aliphatic hydroxyl groups is 1. The Balaban J connectivity index is 2.37. The standard InChI is InChI=1S/C14H16Cl2N4O2/c1-8-9(2)19-20(10-3-4-11(15)12(16)7-10)13(8)18-14(22)17-5-6-21/h3-4,7,21H,5-6H2,1-2H3,(H2,17,18,22). The molecule has 0 fully saturated rings. The maximum Gasteiger partial charge on any atom is 0.320 e. The Morgan fingerprint density at radius 2 is 2.05 bits per heavy atom. The average Bonchev–Trinajstić information content (AvgIpc) is 2.76. The molecule has 3 N–H and O–H groups in total. The van der Waals surface area contributed by atoms with Crippen LogP contribution in [0.5, 0.6) is 0 Å². The molecule has 1 heterocycles. The highest BCUT2D eigenvalue weighted by atomic mass is 35.5. The summed E-state index contributed by atoms with van der Waals surface area (Å²) in [6.07, 6.45) is 0. The van der Waals surface area contributed by atoms with E-state index in [1.54, 1.807) is 22.9 Å². The highest BCUT2D eigenvalue weighted by Crippen LogP contribution is 2.28. The van der Waals surface area contributed by atoms with E-state index < -0.39 is 6.03 Å². The Morgan fingerprint density at radius 3 is 2.68 bits per heavy atom. The van der Waals surface area contributed by atoms with Gasteiger partial charge in [-0.25, -0.2) is 9.48 Å². The van der Waals surface area contributed by atoms with Gasteiger partial charge in [0.05, 0.1) is 28.0 Å². The van der Waals surface area contributed by atoms with Crippen molar-refractivity contribution in [1.82, 2.24) is 15.1 Å². The van der Waals surface area contributed by atoms with Crippen LogP contribution in [0, 0.1) is 13.8 Å². The van der Waals surface area contributed by atoms with Crippen LogP contribution < -0.4 is 10.6 Å². The number of halogens is 2. The number of carbonyl (C=O) groups excluding carboxylic acids is 1. The zero-order chi connectivity index (χ0) is 16.3. The molecule has 8 heteroatoms. The number of aromatic nitrogens is 2. The summed E-state index contributed by atoms with van der Waals surface area (Å²) in [5.41, 5.74) is 2.30. The molecule has 0 aliphatic carbocycles. The first-order valence-electron chi connectivity index (χ1n) is 6.61. The maximum atomic E-state index is 11.8. The largest absolute Gasteiger partial charge is 0.395 e. The third-order valence-electron chi connectivity index (χ3n) is 3.14. The number of benzene rings is 1. The van der Waals surface area contributed by atoms with Crippen molar-refractivity contribution in [3.8, 4) is 5.69 Å². The first kappa shape index (κ1) is 16.6. The van der Waals surface area contributed by atoms with Crippen LogP contribution in [0.2, 0.25) is 10.0 Å². The first-order valence-corrected chi connectivity index (χ1v) is 7.37. The predicted octanol–water partition coefficient (Wildman–Crippen LogP) is 2.91. The lowest BCUT2D eigenvalue weighted by atomic mass is 10.2. The van der Waals surface area contributed by atoms with Gasteiger partial charge >= 0.3 is 6.03 Å². The summed E-state index contributed by atoms with van der Waals surface area (Å²) in [6, 6.07) is 4.68. The lowest BCUT2D eigenvalue weighted by molar-refractivity contribution is 0.244. The van der Waals surface area contributed by atoms with E-state index in [4.69, 9.17) is 28.3 Å². The fraction of sp³-hybridized carbons (Fsp3) is 0.286. The molecule has 0 spiro atoms. The number of carbonyl (C=O) groups is 1. The number of urea groups is 1. The van der Waals surface area contributed by atoms with Gasteiger partial charge in [-0.1, -0.05) is 23.2 Å². The van der Waals surface area contributed by atoms with Crippen molar-refractivity contribution >= 4 is 35.1 Å². The molecule has 0 unspecified atom stereocenters. The highest BCUT2D eigenvalue weighted by Gasteiger charge is 2.16. The molecular weight excluding hydrogens is 327 g/mol. The second-order valence-corrected chi connectivity index (χ2v) is 5.49. The molecule has 6 nitrogen and oxygen atoms in total. The van der Waals surface area contributed by atoms with E-state index in [1.807, 2.05) is 13.8 Å². The molecule has 0 radical (unpaired) electrons. The van der Waals surface area contributed by atoms with Gasteiger partial charge < -0.3 is 10.4 Å². The van der Waals surface area contributed by atoms with Gasteiger partial charge in [0, 0.05) is 12.1 Å². The number of aryl methyl sites for hydroxylation is 1. The van der Waals surface area contributed by atoms with Crippen molar-refractivity contribution < 1.29 is 9.90 Å². The highest BCUT2D eigenvalue weighted by molar-refractivity contribution is 6.42. The van der Waals surface area contributed by atoms with Crippen molar-refractivity contribution in [3.05, 3.63) is 39.5 Å². The van der Waals surface area contributed by atoms with Crippen LogP contribution >= 0.6 is 23.2 Å².